The van der Waals surface area contributed by atoms with Gasteiger partial charge in [0.05, 0.1) is 17.8 Å². The summed E-state index contributed by atoms with van der Waals surface area (Å²) in [7, 11) is 1.73. The smallest absolute Gasteiger partial charge is 0.313 e. The summed E-state index contributed by atoms with van der Waals surface area (Å²) < 4.78 is 39.2. The van der Waals surface area contributed by atoms with Crippen LogP contribution in [0.25, 0.3) is 5.69 Å². The summed E-state index contributed by atoms with van der Waals surface area (Å²) in [6, 6.07) is 4.98. The van der Waals surface area contributed by atoms with E-state index in [0.717, 1.165) is 12.1 Å². The van der Waals surface area contributed by atoms with Crippen LogP contribution >= 0.6 is 0 Å². The fourth-order valence-electron chi connectivity index (χ4n) is 1.57. The van der Waals surface area contributed by atoms with Gasteiger partial charge in [0.15, 0.2) is 0 Å². The first-order valence-electron chi connectivity index (χ1n) is 5.23. The molecule has 0 atom stereocenters. The second kappa shape index (κ2) is 4.77. The molecule has 0 fully saturated rings. The monoisotopic (exact) mass is 256 g/mol. The van der Waals surface area contributed by atoms with Gasteiger partial charge in [0.2, 0.25) is 0 Å². The van der Waals surface area contributed by atoms with Crippen molar-refractivity contribution < 1.29 is 13.2 Å². The highest BCUT2D eigenvalue weighted by molar-refractivity contribution is 5.36. The molecule has 0 aliphatic carbocycles. The molecule has 0 bridgehead atoms. The van der Waals surface area contributed by atoms with Crippen molar-refractivity contribution in [2.24, 2.45) is 0 Å². The summed E-state index contributed by atoms with van der Waals surface area (Å²) in [5, 5.41) is 6.81. The Hall–Kier alpha value is -1.89. The number of hydrogen-bond donors (Lipinski definition) is 1. The molecule has 18 heavy (non-hydrogen) atoms. The normalized spacial score (nSPS) is 11.8. The van der Waals surface area contributed by atoms with Gasteiger partial charge in [-0.15, -0.1) is 0 Å². The quantitative estimate of drug-likeness (QED) is 0.913. The topological polar surface area (TPSA) is 42.7 Å². The molecule has 0 spiro atoms. The summed E-state index contributed by atoms with van der Waals surface area (Å²) in [5.74, 6) is 0.553. The van der Waals surface area contributed by atoms with Gasteiger partial charge in [0.25, 0.3) is 0 Å². The van der Waals surface area contributed by atoms with Crippen molar-refractivity contribution in [3.63, 3.8) is 0 Å². The Kier molecular flexibility index (Phi) is 3.33. The zero-order chi connectivity index (χ0) is 13.2. The number of nitrogens with one attached hydrogen (secondary N) is 1. The number of halogens is 3. The first-order chi connectivity index (χ1) is 8.52. The van der Waals surface area contributed by atoms with Crippen molar-refractivity contribution in [1.29, 1.82) is 0 Å². The predicted molar refractivity (Wildman–Crippen MR) is 59.1 cm³/mol. The van der Waals surface area contributed by atoms with Crippen molar-refractivity contribution in [2.75, 3.05) is 7.05 Å². The molecule has 0 aliphatic heterocycles. The highest BCUT2D eigenvalue weighted by atomic mass is 19.4. The summed E-state index contributed by atoms with van der Waals surface area (Å²) in [5.41, 5.74) is -0.363. The van der Waals surface area contributed by atoms with E-state index in [1.807, 2.05) is 0 Å². The summed E-state index contributed by atoms with van der Waals surface area (Å²) >= 11 is 0. The number of benzene rings is 1. The van der Waals surface area contributed by atoms with E-state index in [-0.39, 0.29) is 0 Å². The molecule has 1 aromatic heterocycles. The molecule has 7 heteroatoms. The third-order valence-corrected chi connectivity index (χ3v) is 2.37. The van der Waals surface area contributed by atoms with Crippen molar-refractivity contribution in [2.45, 2.75) is 12.7 Å². The minimum Gasteiger partial charge on any atom is -0.313 e. The average Bonchev–Trinajstić information content (AvgIpc) is 2.77. The molecule has 1 heterocycles. The van der Waals surface area contributed by atoms with Crippen LogP contribution in [0.4, 0.5) is 13.2 Å². The van der Waals surface area contributed by atoms with E-state index in [1.165, 1.54) is 17.1 Å². The molecular formula is C11H11F3N4. The highest BCUT2D eigenvalue weighted by Crippen LogP contribution is 2.30. The Labute approximate surface area is 101 Å². The Bertz CT molecular complexity index is 533. The van der Waals surface area contributed by atoms with Crippen molar-refractivity contribution in [3.8, 4) is 5.69 Å². The van der Waals surface area contributed by atoms with Gasteiger partial charge in [0, 0.05) is 0 Å². The molecule has 0 unspecified atom stereocenters. The number of nitrogens with zero attached hydrogens (tertiary/aromatic N) is 3. The van der Waals surface area contributed by atoms with Gasteiger partial charge in [-0.25, -0.2) is 9.67 Å². The zero-order valence-corrected chi connectivity index (χ0v) is 9.57. The summed E-state index contributed by atoms with van der Waals surface area (Å²) in [6.45, 7) is 0.427. The molecule has 0 aliphatic rings. The van der Waals surface area contributed by atoms with E-state index in [2.05, 4.69) is 15.4 Å². The van der Waals surface area contributed by atoms with Crippen LogP contribution in [-0.4, -0.2) is 21.8 Å². The minimum absolute atomic E-state index is 0.340. The average molecular weight is 256 g/mol. The Morgan fingerprint density at radius 1 is 1.33 bits per heavy atom. The fourth-order valence-corrected chi connectivity index (χ4v) is 1.57. The maximum atomic E-state index is 12.6. The van der Waals surface area contributed by atoms with Gasteiger partial charge < -0.3 is 5.32 Å². The molecule has 1 aromatic carbocycles. The Morgan fingerprint density at radius 3 is 2.78 bits per heavy atom. The van der Waals surface area contributed by atoms with E-state index in [0.29, 0.717) is 18.1 Å². The van der Waals surface area contributed by atoms with Gasteiger partial charge in [-0.3, -0.25) is 0 Å². The van der Waals surface area contributed by atoms with Crippen molar-refractivity contribution in [3.05, 3.63) is 42.0 Å². The lowest BCUT2D eigenvalue weighted by molar-refractivity contribution is -0.137. The molecule has 0 saturated carbocycles. The Morgan fingerprint density at radius 2 is 2.11 bits per heavy atom. The molecule has 0 amide bonds. The van der Waals surface area contributed by atoms with Crippen LogP contribution in [0.5, 0.6) is 0 Å². The van der Waals surface area contributed by atoms with Crippen LogP contribution in [0.3, 0.4) is 0 Å². The molecule has 0 saturated heterocycles. The van der Waals surface area contributed by atoms with Gasteiger partial charge >= 0.3 is 6.18 Å². The first-order valence-corrected chi connectivity index (χ1v) is 5.23. The van der Waals surface area contributed by atoms with Crippen LogP contribution < -0.4 is 5.32 Å². The van der Waals surface area contributed by atoms with Gasteiger partial charge in [-0.1, -0.05) is 6.07 Å². The SMILES string of the molecule is CNCc1ncnn1-c1cccc(C(F)(F)F)c1. The molecule has 2 rings (SSSR count). The van der Waals surface area contributed by atoms with E-state index in [9.17, 15) is 13.2 Å². The zero-order valence-electron chi connectivity index (χ0n) is 9.57. The van der Waals surface area contributed by atoms with E-state index < -0.39 is 11.7 Å². The second-order valence-electron chi connectivity index (χ2n) is 3.67. The third kappa shape index (κ3) is 2.51. The lowest BCUT2D eigenvalue weighted by Gasteiger charge is -2.10. The predicted octanol–water partition coefficient (Wildman–Crippen LogP) is 2.01. The molecule has 4 nitrogen and oxygen atoms in total. The van der Waals surface area contributed by atoms with Gasteiger partial charge in [-0.2, -0.15) is 18.3 Å². The number of alkyl halides is 3. The van der Waals surface area contributed by atoms with Crippen molar-refractivity contribution >= 4 is 0 Å². The van der Waals surface area contributed by atoms with Crippen LogP contribution in [0.1, 0.15) is 11.4 Å². The summed E-state index contributed by atoms with van der Waals surface area (Å²) in [6.07, 6.45) is -3.05. The molecular weight excluding hydrogens is 245 g/mol. The number of rotatable bonds is 3. The van der Waals surface area contributed by atoms with Gasteiger partial charge in [-0.05, 0) is 25.2 Å². The molecule has 1 N–H and O–H groups in total. The maximum absolute atomic E-state index is 12.6. The van der Waals surface area contributed by atoms with Crippen molar-refractivity contribution in [1.82, 2.24) is 20.1 Å². The van der Waals surface area contributed by atoms with E-state index in [1.54, 1.807) is 13.1 Å². The lowest BCUT2D eigenvalue weighted by atomic mass is 10.2. The first kappa shape index (κ1) is 12.6. The third-order valence-electron chi connectivity index (χ3n) is 2.37. The number of aromatic nitrogens is 3. The van der Waals surface area contributed by atoms with E-state index in [4.69, 9.17) is 0 Å². The fraction of sp³-hybridized carbons (Fsp3) is 0.273. The second-order valence-corrected chi connectivity index (χ2v) is 3.67. The van der Waals surface area contributed by atoms with Crippen LogP contribution in [0.2, 0.25) is 0 Å². The highest BCUT2D eigenvalue weighted by Gasteiger charge is 2.30. The minimum atomic E-state index is -4.36. The van der Waals surface area contributed by atoms with Crippen LogP contribution in [0.15, 0.2) is 30.6 Å². The maximum Gasteiger partial charge on any atom is 0.416 e. The van der Waals surface area contributed by atoms with Crippen LogP contribution in [-0.2, 0) is 12.7 Å². The van der Waals surface area contributed by atoms with Crippen LogP contribution in [0, 0.1) is 0 Å². The Balaban J connectivity index is 2.42. The molecule has 2 aromatic rings. The molecule has 0 radical (unpaired) electrons. The standard InChI is InChI=1S/C11H11F3N4/c1-15-6-10-16-7-17-18(10)9-4-2-3-8(5-9)11(12,13)14/h2-5,7,15H,6H2,1H3. The van der Waals surface area contributed by atoms with Gasteiger partial charge in [0.1, 0.15) is 12.2 Å². The number of hydrogen-bond acceptors (Lipinski definition) is 3. The summed E-state index contributed by atoms with van der Waals surface area (Å²) in [4.78, 5) is 3.98. The largest absolute Gasteiger partial charge is 0.416 e. The lowest BCUT2D eigenvalue weighted by Crippen LogP contribution is -2.13. The van der Waals surface area contributed by atoms with E-state index >= 15 is 0 Å². The molecule has 96 valence electrons.